The van der Waals surface area contributed by atoms with Crippen LogP contribution in [0.2, 0.25) is 0 Å². The quantitative estimate of drug-likeness (QED) is 0.917. The number of nitrogens with two attached hydrogens (primary N) is 1. The molecule has 6 nitrogen and oxygen atoms in total. The topological polar surface area (TPSA) is 71.2 Å². The van der Waals surface area contributed by atoms with E-state index >= 15 is 0 Å². The van der Waals surface area contributed by atoms with Gasteiger partial charge < -0.3 is 15.5 Å². The molecule has 3 atom stereocenters. The number of nitrogen functional groups attached to an aromatic ring is 1. The molecule has 0 aliphatic carbocycles. The maximum Gasteiger partial charge on any atom is 0.232 e. The highest BCUT2D eigenvalue weighted by atomic mass is 15.4. The van der Waals surface area contributed by atoms with Gasteiger partial charge in [-0.3, -0.25) is 0 Å². The number of hydrogen-bond donors (Lipinski definition) is 1. The van der Waals surface area contributed by atoms with E-state index in [9.17, 15) is 0 Å². The van der Waals surface area contributed by atoms with Crippen molar-refractivity contribution in [3.63, 3.8) is 0 Å². The third kappa shape index (κ3) is 3.36. The lowest BCUT2D eigenvalue weighted by molar-refractivity contribution is 0.293. The van der Waals surface area contributed by atoms with Crippen molar-refractivity contribution in [2.24, 2.45) is 11.8 Å². The largest absolute Gasteiger partial charge is 0.368 e. The summed E-state index contributed by atoms with van der Waals surface area (Å²) in [5.41, 5.74) is 5.91. The molecular weight excluding hydrogens is 264 g/mol. The first-order valence-corrected chi connectivity index (χ1v) is 7.99. The van der Waals surface area contributed by atoms with Gasteiger partial charge in [0.05, 0.1) is 0 Å². The first-order chi connectivity index (χ1) is 9.96. The highest BCUT2D eigenvalue weighted by molar-refractivity contribution is 5.44. The Morgan fingerprint density at radius 1 is 1.14 bits per heavy atom. The summed E-state index contributed by atoms with van der Waals surface area (Å²) in [7, 11) is 0. The van der Waals surface area contributed by atoms with E-state index in [0.717, 1.165) is 25.6 Å². The first-order valence-electron chi connectivity index (χ1n) is 7.99. The molecule has 1 aromatic heterocycles. The number of rotatable bonds is 4. The average Bonchev–Trinajstić information content (AvgIpc) is 2.43. The normalized spacial score (nSPS) is 26.0. The zero-order valence-electron chi connectivity index (χ0n) is 13.9. The fraction of sp³-hybridized carbons (Fsp3) is 0.800. The van der Waals surface area contributed by atoms with Crippen LogP contribution in [0, 0.1) is 11.8 Å². The second-order valence-corrected chi connectivity index (χ2v) is 6.18. The molecule has 21 heavy (non-hydrogen) atoms. The van der Waals surface area contributed by atoms with E-state index in [2.05, 4.69) is 59.4 Å². The van der Waals surface area contributed by atoms with Crippen LogP contribution in [0.1, 0.15) is 41.0 Å². The highest BCUT2D eigenvalue weighted by Gasteiger charge is 2.31. The van der Waals surface area contributed by atoms with Gasteiger partial charge in [-0.1, -0.05) is 13.8 Å². The Balaban J connectivity index is 2.34. The molecule has 3 unspecified atom stereocenters. The SMILES string of the molecule is CCN(CC)c1nc(N)nc(N2CC(C)CC(C)C2C)n1. The van der Waals surface area contributed by atoms with Crippen molar-refractivity contribution < 1.29 is 0 Å². The van der Waals surface area contributed by atoms with Gasteiger partial charge in [0.1, 0.15) is 0 Å². The van der Waals surface area contributed by atoms with Crippen molar-refractivity contribution in [2.75, 3.05) is 35.2 Å². The smallest absolute Gasteiger partial charge is 0.232 e. The van der Waals surface area contributed by atoms with Crippen LogP contribution in [0.15, 0.2) is 0 Å². The van der Waals surface area contributed by atoms with Crippen LogP contribution in [0.25, 0.3) is 0 Å². The van der Waals surface area contributed by atoms with E-state index in [4.69, 9.17) is 5.73 Å². The molecule has 1 fully saturated rings. The van der Waals surface area contributed by atoms with Crippen molar-refractivity contribution >= 4 is 17.8 Å². The summed E-state index contributed by atoms with van der Waals surface area (Å²) in [6.45, 7) is 13.7. The molecule has 118 valence electrons. The third-order valence-electron chi connectivity index (χ3n) is 4.53. The van der Waals surface area contributed by atoms with E-state index < -0.39 is 0 Å². The molecule has 2 N–H and O–H groups in total. The molecule has 0 amide bonds. The molecule has 1 aliphatic rings. The van der Waals surface area contributed by atoms with Gasteiger partial charge in [-0.15, -0.1) is 0 Å². The van der Waals surface area contributed by atoms with Gasteiger partial charge in [0.25, 0.3) is 0 Å². The van der Waals surface area contributed by atoms with Gasteiger partial charge in [-0.05, 0) is 39.0 Å². The van der Waals surface area contributed by atoms with Crippen molar-refractivity contribution in [1.82, 2.24) is 15.0 Å². The Bertz CT molecular complexity index is 473. The Kier molecular flexibility index (Phi) is 4.85. The van der Waals surface area contributed by atoms with Crippen molar-refractivity contribution in [3.05, 3.63) is 0 Å². The molecule has 2 rings (SSSR count). The summed E-state index contributed by atoms with van der Waals surface area (Å²) in [4.78, 5) is 17.7. The van der Waals surface area contributed by atoms with E-state index in [1.54, 1.807) is 0 Å². The molecule has 1 aromatic rings. The van der Waals surface area contributed by atoms with Crippen LogP contribution in [-0.4, -0.2) is 40.6 Å². The molecule has 1 aliphatic heterocycles. The minimum Gasteiger partial charge on any atom is -0.368 e. The Morgan fingerprint density at radius 2 is 1.81 bits per heavy atom. The monoisotopic (exact) mass is 292 g/mol. The maximum atomic E-state index is 5.91. The number of nitrogens with zero attached hydrogens (tertiary/aromatic N) is 5. The summed E-state index contributed by atoms with van der Waals surface area (Å²) in [6.07, 6.45) is 1.25. The van der Waals surface area contributed by atoms with Crippen molar-refractivity contribution in [1.29, 1.82) is 0 Å². The minimum atomic E-state index is 0.306. The summed E-state index contributed by atoms with van der Waals surface area (Å²) < 4.78 is 0. The van der Waals surface area contributed by atoms with Gasteiger partial charge >= 0.3 is 0 Å². The third-order valence-corrected chi connectivity index (χ3v) is 4.53. The summed E-state index contributed by atoms with van der Waals surface area (Å²) >= 11 is 0. The van der Waals surface area contributed by atoms with E-state index in [-0.39, 0.29) is 0 Å². The van der Waals surface area contributed by atoms with Crippen LogP contribution in [0.5, 0.6) is 0 Å². The Labute approximate surface area is 127 Å². The van der Waals surface area contributed by atoms with Crippen molar-refractivity contribution in [3.8, 4) is 0 Å². The molecule has 2 heterocycles. The molecule has 0 spiro atoms. The van der Waals surface area contributed by atoms with Crippen LogP contribution in [0.4, 0.5) is 17.8 Å². The van der Waals surface area contributed by atoms with Crippen LogP contribution in [-0.2, 0) is 0 Å². The molecule has 0 aromatic carbocycles. The Morgan fingerprint density at radius 3 is 2.43 bits per heavy atom. The first kappa shape index (κ1) is 15.8. The molecule has 0 radical (unpaired) electrons. The average molecular weight is 292 g/mol. The number of anilines is 3. The summed E-state index contributed by atoms with van der Waals surface area (Å²) in [5.74, 6) is 2.98. The van der Waals surface area contributed by atoms with Gasteiger partial charge in [0.15, 0.2) is 0 Å². The van der Waals surface area contributed by atoms with Crippen LogP contribution >= 0.6 is 0 Å². The fourth-order valence-electron chi connectivity index (χ4n) is 3.12. The molecule has 6 heteroatoms. The van der Waals surface area contributed by atoms with Gasteiger partial charge in [0, 0.05) is 25.7 Å². The lowest BCUT2D eigenvalue weighted by Crippen LogP contribution is -2.47. The van der Waals surface area contributed by atoms with Gasteiger partial charge in [-0.2, -0.15) is 15.0 Å². The maximum absolute atomic E-state index is 5.91. The standard InChI is InChI=1S/C15H28N6/c1-6-20(7-2)14-17-13(16)18-15(19-14)21-9-10(3)8-11(4)12(21)5/h10-12H,6-9H2,1-5H3,(H2,16,17,18,19). The lowest BCUT2D eigenvalue weighted by atomic mass is 9.86. The fourth-order valence-corrected chi connectivity index (χ4v) is 3.12. The van der Waals surface area contributed by atoms with Gasteiger partial charge in [0.2, 0.25) is 17.8 Å². The predicted molar refractivity (Wildman–Crippen MR) is 87.6 cm³/mol. The zero-order chi connectivity index (χ0) is 15.6. The predicted octanol–water partition coefficient (Wildman–Crippen LogP) is 2.17. The highest BCUT2D eigenvalue weighted by Crippen LogP contribution is 2.30. The molecule has 0 bridgehead atoms. The second-order valence-electron chi connectivity index (χ2n) is 6.18. The second kappa shape index (κ2) is 6.45. The number of aromatic nitrogens is 3. The van der Waals surface area contributed by atoms with E-state index in [1.165, 1.54) is 6.42 Å². The minimum absolute atomic E-state index is 0.306. The number of piperidine rings is 1. The van der Waals surface area contributed by atoms with Gasteiger partial charge in [-0.25, -0.2) is 0 Å². The van der Waals surface area contributed by atoms with E-state index in [0.29, 0.717) is 29.8 Å². The summed E-state index contributed by atoms with van der Waals surface area (Å²) in [5, 5.41) is 0. The molecule has 0 saturated carbocycles. The van der Waals surface area contributed by atoms with Crippen molar-refractivity contribution in [2.45, 2.75) is 47.1 Å². The summed E-state index contributed by atoms with van der Waals surface area (Å²) in [6, 6.07) is 0.424. The molecular formula is C15H28N6. The zero-order valence-corrected chi connectivity index (χ0v) is 13.9. The van der Waals surface area contributed by atoms with E-state index in [1.807, 2.05) is 0 Å². The number of hydrogen-bond acceptors (Lipinski definition) is 6. The Hall–Kier alpha value is -1.59. The lowest BCUT2D eigenvalue weighted by Gasteiger charge is -2.41. The van der Waals surface area contributed by atoms with Crippen LogP contribution in [0.3, 0.4) is 0 Å². The van der Waals surface area contributed by atoms with Crippen LogP contribution < -0.4 is 15.5 Å². The molecule has 1 saturated heterocycles.